The van der Waals surface area contributed by atoms with Crippen molar-refractivity contribution in [2.24, 2.45) is 0 Å². The quantitative estimate of drug-likeness (QED) is 0.896. The molecule has 0 radical (unpaired) electrons. The lowest BCUT2D eigenvalue weighted by molar-refractivity contribution is -0.115. The Kier molecular flexibility index (Phi) is 4.80. The summed E-state index contributed by atoms with van der Waals surface area (Å²) in [7, 11) is 0. The Labute approximate surface area is 105 Å². The Morgan fingerprint density at radius 2 is 2.29 bits per heavy atom. The predicted molar refractivity (Wildman–Crippen MR) is 66.1 cm³/mol. The Balaban J connectivity index is 2.75. The van der Waals surface area contributed by atoms with Crippen molar-refractivity contribution < 1.29 is 9.53 Å². The highest BCUT2D eigenvalue weighted by molar-refractivity contribution is 6.32. The normalized spacial score (nSPS) is 9.82. The van der Waals surface area contributed by atoms with Crippen LogP contribution in [0.4, 0.5) is 5.69 Å². The highest BCUT2D eigenvalue weighted by atomic mass is 35.5. The van der Waals surface area contributed by atoms with Crippen LogP contribution in [-0.4, -0.2) is 12.0 Å². The van der Waals surface area contributed by atoms with Crippen molar-refractivity contribution in [2.75, 3.05) is 5.32 Å². The Bertz CT molecular complexity index is 452. The SMILES string of the molecule is CC(C)Oc1ccc(NC(=O)CC#N)cc1Cl. The molecule has 0 atom stereocenters. The zero-order valence-electron chi connectivity index (χ0n) is 9.66. The smallest absolute Gasteiger partial charge is 0.238 e. The maximum Gasteiger partial charge on any atom is 0.238 e. The van der Waals surface area contributed by atoms with Crippen LogP contribution in [0.1, 0.15) is 20.3 Å². The monoisotopic (exact) mass is 252 g/mol. The molecule has 90 valence electrons. The fraction of sp³-hybridized carbons (Fsp3) is 0.333. The number of benzene rings is 1. The van der Waals surface area contributed by atoms with Crippen molar-refractivity contribution in [1.29, 1.82) is 5.26 Å². The van der Waals surface area contributed by atoms with E-state index in [1.54, 1.807) is 24.3 Å². The number of carbonyl (C=O) groups excluding carboxylic acids is 1. The maximum absolute atomic E-state index is 11.2. The lowest BCUT2D eigenvalue weighted by Gasteiger charge is -2.12. The summed E-state index contributed by atoms with van der Waals surface area (Å²) >= 11 is 5.99. The fourth-order valence-corrected chi connectivity index (χ4v) is 1.43. The molecule has 1 rings (SSSR count). The van der Waals surface area contributed by atoms with E-state index in [1.165, 1.54) is 0 Å². The van der Waals surface area contributed by atoms with E-state index in [0.717, 1.165) is 0 Å². The second-order valence-electron chi connectivity index (χ2n) is 3.69. The second kappa shape index (κ2) is 6.12. The van der Waals surface area contributed by atoms with E-state index in [2.05, 4.69) is 5.32 Å². The van der Waals surface area contributed by atoms with Crippen LogP contribution in [0.15, 0.2) is 18.2 Å². The zero-order chi connectivity index (χ0) is 12.8. The number of anilines is 1. The second-order valence-corrected chi connectivity index (χ2v) is 4.10. The summed E-state index contributed by atoms with van der Waals surface area (Å²) in [6, 6.07) is 6.73. The first-order chi connectivity index (χ1) is 8.02. The molecule has 0 unspecified atom stereocenters. The molecule has 0 aliphatic rings. The third-order valence-electron chi connectivity index (χ3n) is 1.82. The van der Waals surface area contributed by atoms with Gasteiger partial charge in [0.1, 0.15) is 12.2 Å². The van der Waals surface area contributed by atoms with Crippen LogP contribution in [0.2, 0.25) is 5.02 Å². The van der Waals surface area contributed by atoms with Gasteiger partial charge in [0.25, 0.3) is 0 Å². The number of rotatable bonds is 4. The van der Waals surface area contributed by atoms with Crippen molar-refractivity contribution in [3.8, 4) is 11.8 Å². The van der Waals surface area contributed by atoms with Crippen molar-refractivity contribution >= 4 is 23.2 Å². The number of amides is 1. The molecular weight excluding hydrogens is 240 g/mol. The minimum atomic E-state index is -0.360. The van der Waals surface area contributed by atoms with Crippen LogP contribution >= 0.6 is 11.6 Å². The van der Waals surface area contributed by atoms with Crippen molar-refractivity contribution in [1.82, 2.24) is 0 Å². The minimum Gasteiger partial charge on any atom is -0.489 e. The van der Waals surface area contributed by atoms with Gasteiger partial charge in [-0.25, -0.2) is 0 Å². The van der Waals surface area contributed by atoms with Crippen molar-refractivity contribution in [3.63, 3.8) is 0 Å². The van der Waals surface area contributed by atoms with E-state index in [1.807, 2.05) is 13.8 Å². The van der Waals surface area contributed by atoms with E-state index >= 15 is 0 Å². The summed E-state index contributed by atoms with van der Waals surface area (Å²) in [4.78, 5) is 11.2. The molecule has 0 bridgehead atoms. The maximum atomic E-state index is 11.2. The molecule has 5 heteroatoms. The van der Waals surface area contributed by atoms with Crippen LogP contribution in [0, 0.1) is 11.3 Å². The summed E-state index contributed by atoms with van der Waals surface area (Å²) in [6.07, 6.45) is -0.145. The number of halogens is 1. The van der Waals surface area contributed by atoms with Gasteiger partial charge in [0.2, 0.25) is 5.91 Å². The van der Waals surface area contributed by atoms with Gasteiger partial charge in [-0.3, -0.25) is 4.79 Å². The van der Waals surface area contributed by atoms with Crippen molar-refractivity contribution in [2.45, 2.75) is 26.4 Å². The van der Waals surface area contributed by atoms with Crippen LogP contribution in [-0.2, 0) is 4.79 Å². The average molecular weight is 253 g/mol. The highest BCUT2D eigenvalue weighted by Gasteiger charge is 2.07. The van der Waals surface area contributed by atoms with E-state index in [0.29, 0.717) is 16.5 Å². The molecule has 1 N–H and O–H groups in total. The van der Waals surface area contributed by atoms with E-state index in [4.69, 9.17) is 21.6 Å². The molecule has 0 heterocycles. The molecular formula is C12H13ClN2O2. The zero-order valence-corrected chi connectivity index (χ0v) is 10.4. The first-order valence-corrected chi connectivity index (χ1v) is 5.53. The van der Waals surface area contributed by atoms with Gasteiger partial charge in [-0.2, -0.15) is 5.26 Å². The topological polar surface area (TPSA) is 62.1 Å². The molecule has 0 spiro atoms. The summed E-state index contributed by atoms with van der Waals surface area (Å²) in [5, 5.41) is 11.3. The molecule has 1 aromatic rings. The number of carbonyl (C=O) groups is 1. The number of hydrogen-bond donors (Lipinski definition) is 1. The molecule has 0 fully saturated rings. The molecule has 0 aliphatic heterocycles. The number of nitriles is 1. The molecule has 1 aromatic carbocycles. The molecule has 17 heavy (non-hydrogen) atoms. The van der Waals surface area contributed by atoms with Crippen LogP contribution in [0.3, 0.4) is 0 Å². The first kappa shape index (κ1) is 13.3. The first-order valence-electron chi connectivity index (χ1n) is 5.16. The lowest BCUT2D eigenvalue weighted by atomic mass is 10.3. The number of hydrogen-bond acceptors (Lipinski definition) is 3. The van der Waals surface area contributed by atoms with Gasteiger partial charge in [0.05, 0.1) is 17.2 Å². The van der Waals surface area contributed by atoms with Gasteiger partial charge in [-0.05, 0) is 32.0 Å². The standard InChI is InChI=1S/C12H13ClN2O2/c1-8(2)17-11-4-3-9(7-10(11)13)15-12(16)5-6-14/h3-4,7-8H,5H2,1-2H3,(H,15,16). The molecule has 0 saturated heterocycles. The van der Waals surface area contributed by atoms with Gasteiger partial charge >= 0.3 is 0 Å². The van der Waals surface area contributed by atoms with Crippen LogP contribution in [0.5, 0.6) is 5.75 Å². The molecule has 0 saturated carbocycles. The highest BCUT2D eigenvalue weighted by Crippen LogP contribution is 2.28. The predicted octanol–water partition coefficient (Wildman–Crippen LogP) is 2.98. The molecule has 0 aromatic heterocycles. The Morgan fingerprint density at radius 3 is 2.82 bits per heavy atom. The Morgan fingerprint density at radius 1 is 1.59 bits per heavy atom. The third-order valence-corrected chi connectivity index (χ3v) is 2.11. The third kappa shape index (κ3) is 4.33. The average Bonchev–Trinajstić information content (AvgIpc) is 2.22. The number of nitrogens with one attached hydrogen (secondary N) is 1. The van der Waals surface area contributed by atoms with Gasteiger partial charge in [0, 0.05) is 5.69 Å². The summed E-state index contributed by atoms with van der Waals surface area (Å²) < 4.78 is 5.46. The molecule has 4 nitrogen and oxygen atoms in total. The van der Waals surface area contributed by atoms with E-state index in [-0.39, 0.29) is 18.4 Å². The number of ether oxygens (including phenoxy) is 1. The minimum absolute atomic E-state index is 0.0338. The summed E-state index contributed by atoms with van der Waals surface area (Å²) in [6.45, 7) is 3.80. The van der Waals surface area contributed by atoms with Crippen LogP contribution in [0.25, 0.3) is 0 Å². The Hall–Kier alpha value is -1.73. The summed E-state index contributed by atoms with van der Waals surface area (Å²) in [5.41, 5.74) is 0.548. The van der Waals surface area contributed by atoms with Gasteiger partial charge < -0.3 is 10.1 Å². The van der Waals surface area contributed by atoms with E-state index < -0.39 is 0 Å². The lowest BCUT2D eigenvalue weighted by Crippen LogP contribution is -2.10. The van der Waals surface area contributed by atoms with Crippen molar-refractivity contribution in [3.05, 3.63) is 23.2 Å². The molecule has 0 aliphatic carbocycles. The van der Waals surface area contributed by atoms with Gasteiger partial charge in [-0.15, -0.1) is 0 Å². The largest absolute Gasteiger partial charge is 0.489 e. The molecule has 1 amide bonds. The summed E-state index contributed by atoms with van der Waals surface area (Å²) in [5.74, 6) is 0.209. The fourth-order valence-electron chi connectivity index (χ4n) is 1.21. The van der Waals surface area contributed by atoms with Gasteiger partial charge in [-0.1, -0.05) is 11.6 Å². The van der Waals surface area contributed by atoms with Gasteiger partial charge in [0.15, 0.2) is 0 Å². The number of nitrogens with zero attached hydrogens (tertiary/aromatic N) is 1. The van der Waals surface area contributed by atoms with E-state index in [9.17, 15) is 4.79 Å². The van der Waals surface area contributed by atoms with Crippen LogP contribution < -0.4 is 10.1 Å².